The highest BCUT2D eigenvalue weighted by atomic mass is 16.5. The molecule has 0 saturated carbocycles. The van der Waals surface area contributed by atoms with E-state index in [1.54, 1.807) is 0 Å². The van der Waals surface area contributed by atoms with E-state index >= 15 is 0 Å². The molecule has 0 bridgehead atoms. The van der Waals surface area contributed by atoms with Crippen LogP contribution in [0.5, 0.6) is 5.75 Å². The molecule has 0 aliphatic heterocycles. The lowest BCUT2D eigenvalue weighted by atomic mass is 9.86. The van der Waals surface area contributed by atoms with Crippen LogP contribution >= 0.6 is 0 Å². The van der Waals surface area contributed by atoms with Gasteiger partial charge in [-0.3, -0.25) is 4.79 Å². The molecule has 146 valence electrons. The standard InChI is InChI=1S/C24H33NO2/c1-4-5-6-10-13-23(20-11-8-7-9-12-20)24(26)21-14-16-22(17-15-21)27-19-18-25(2)3/h7-9,11-12,14-17,23H,4-6,10,13,18-19H2,1-3H3. The maximum absolute atomic E-state index is 13.2. The zero-order valence-electron chi connectivity index (χ0n) is 17.0. The lowest BCUT2D eigenvalue weighted by Gasteiger charge is -2.17. The number of nitrogens with zero attached hydrogens (tertiary/aromatic N) is 1. The highest BCUT2D eigenvalue weighted by molar-refractivity contribution is 6.01. The summed E-state index contributed by atoms with van der Waals surface area (Å²) in [6.45, 7) is 3.72. The van der Waals surface area contributed by atoms with Gasteiger partial charge in [0.2, 0.25) is 0 Å². The average molecular weight is 368 g/mol. The van der Waals surface area contributed by atoms with Crippen LogP contribution in [0.25, 0.3) is 0 Å². The number of benzene rings is 2. The van der Waals surface area contributed by atoms with E-state index in [2.05, 4.69) is 24.0 Å². The number of ketones is 1. The van der Waals surface area contributed by atoms with Crippen LogP contribution in [0.15, 0.2) is 54.6 Å². The van der Waals surface area contributed by atoms with Gasteiger partial charge in [0.05, 0.1) is 0 Å². The van der Waals surface area contributed by atoms with Crippen molar-refractivity contribution in [3.63, 3.8) is 0 Å². The number of carbonyl (C=O) groups is 1. The second-order valence-electron chi connectivity index (χ2n) is 7.35. The fourth-order valence-corrected chi connectivity index (χ4v) is 3.17. The van der Waals surface area contributed by atoms with Crippen LogP contribution in [-0.4, -0.2) is 37.9 Å². The Labute approximate surface area is 164 Å². The molecule has 0 aliphatic rings. The second-order valence-corrected chi connectivity index (χ2v) is 7.35. The Morgan fingerprint density at radius 3 is 2.30 bits per heavy atom. The normalized spacial score (nSPS) is 12.1. The Morgan fingerprint density at radius 2 is 1.67 bits per heavy atom. The molecule has 0 aliphatic carbocycles. The predicted molar refractivity (Wildman–Crippen MR) is 113 cm³/mol. The van der Waals surface area contributed by atoms with Crippen LogP contribution in [0.2, 0.25) is 0 Å². The number of Topliss-reactive ketones (excluding diaryl/α,β-unsaturated/α-hetero) is 1. The molecular formula is C24H33NO2. The molecule has 1 atom stereocenters. The van der Waals surface area contributed by atoms with Crippen LogP contribution in [0.4, 0.5) is 0 Å². The van der Waals surface area contributed by atoms with Crippen molar-refractivity contribution in [1.82, 2.24) is 4.90 Å². The van der Waals surface area contributed by atoms with Crippen molar-refractivity contribution >= 4 is 5.78 Å². The number of hydrogen-bond donors (Lipinski definition) is 0. The largest absolute Gasteiger partial charge is 0.492 e. The molecular weight excluding hydrogens is 334 g/mol. The maximum Gasteiger partial charge on any atom is 0.170 e. The third kappa shape index (κ3) is 7.18. The summed E-state index contributed by atoms with van der Waals surface area (Å²) in [4.78, 5) is 15.3. The van der Waals surface area contributed by atoms with Gasteiger partial charge in [-0.25, -0.2) is 0 Å². The number of likely N-dealkylation sites (N-methyl/N-ethyl adjacent to an activating group) is 1. The molecule has 27 heavy (non-hydrogen) atoms. The third-order valence-corrected chi connectivity index (χ3v) is 4.81. The molecule has 0 saturated heterocycles. The first kappa shape index (κ1) is 21.2. The molecule has 1 unspecified atom stereocenters. The van der Waals surface area contributed by atoms with Crippen molar-refractivity contribution in [3.05, 3.63) is 65.7 Å². The van der Waals surface area contributed by atoms with Gasteiger partial charge in [-0.2, -0.15) is 0 Å². The first-order chi connectivity index (χ1) is 13.1. The highest BCUT2D eigenvalue weighted by Gasteiger charge is 2.21. The lowest BCUT2D eigenvalue weighted by molar-refractivity contribution is 0.0953. The Hall–Kier alpha value is -2.13. The Bertz CT molecular complexity index is 665. The first-order valence-corrected chi connectivity index (χ1v) is 10.1. The number of rotatable bonds is 12. The smallest absolute Gasteiger partial charge is 0.170 e. The Kier molecular flexibility index (Phi) is 9.06. The van der Waals surface area contributed by atoms with Crippen molar-refractivity contribution in [1.29, 1.82) is 0 Å². The fourth-order valence-electron chi connectivity index (χ4n) is 3.17. The summed E-state index contributed by atoms with van der Waals surface area (Å²) in [5.41, 5.74) is 1.88. The van der Waals surface area contributed by atoms with E-state index in [4.69, 9.17) is 4.74 Å². The molecule has 0 fully saturated rings. The number of ether oxygens (including phenoxy) is 1. The lowest BCUT2D eigenvalue weighted by Crippen LogP contribution is -2.19. The Balaban J connectivity index is 2.05. The predicted octanol–water partition coefficient (Wildman–Crippen LogP) is 5.56. The van der Waals surface area contributed by atoms with E-state index < -0.39 is 0 Å². The SMILES string of the molecule is CCCCCCC(C(=O)c1ccc(OCCN(C)C)cc1)c1ccccc1. The monoisotopic (exact) mass is 367 g/mol. The van der Waals surface area contributed by atoms with Gasteiger partial charge in [-0.1, -0.05) is 62.9 Å². The van der Waals surface area contributed by atoms with E-state index in [1.807, 2.05) is 56.6 Å². The summed E-state index contributed by atoms with van der Waals surface area (Å²) in [6, 6.07) is 17.8. The summed E-state index contributed by atoms with van der Waals surface area (Å²) in [7, 11) is 4.05. The second kappa shape index (κ2) is 11.6. The van der Waals surface area contributed by atoms with Gasteiger partial charge in [0, 0.05) is 18.0 Å². The fraction of sp³-hybridized carbons (Fsp3) is 0.458. The van der Waals surface area contributed by atoms with Gasteiger partial charge in [-0.05, 0) is 50.3 Å². The molecule has 2 aromatic rings. The molecule has 0 N–H and O–H groups in total. The van der Waals surface area contributed by atoms with E-state index in [-0.39, 0.29) is 11.7 Å². The van der Waals surface area contributed by atoms with Crippen molar-refractivity contribution in [2.75, 3.05) is 27.2 Å². The van der Waals surface area contributed by atoms with E-state index in [0.29, 0.717) is 6.61 Å². The number of carbonyl (C=O) groups excluding carboxylic acids is 1. The van der Waals surface area contributed by atoms with Crippen LogP contribution in [0, 0.1) is 0 Å². The Morgan fingerprint density at radius 1 is 0.963 bits per heavy atom. The zero-order valence-corrected chi connectivity index (χ0v) is 17.0. The van der Waals surface area contributed by atoms with Crippen LogP contribution in [0.1, 0.15) is 60.9 Å². The molecule has 2 rings (SSSR count). The minimum Gasteiger partial charge on any atom is -0.492 e. The molecule has 0 radical (unpaired) electrons. The molecule has 2 aromatic carbocycles. The van der Waals surface area contributed by atoms with Crippen molar-refractivity contribution in [2.45, 2.75) is 44.9 Å². The van der Waals surface area contributed by atoms with Crippen molar-refractivity contribution in [3.8, 4) is 5.75 Å². The summed E-state index contributed by atoms with van der Waals surface area (Å²) >= 11 is 0. The van der Waals surface area contributed by atoms with E-state index in [0.717, 1.165) is 36.3 Å². The van der Waals surface area contributed by atoms with Gasteiger partial charge >= 0.3 is 0 Å². The van der Waals surface area contributed by atoms with Crippen LogP contribution in [0.3, 0.4) is 0 Å². The summed E-state index contributed by atoms with van der Waals surface area (Å²) in [5.74, 6) is 0.953. The number of hydrogen-bond acceptors (Lipinski definition) is 3. The number of unbranched alkanes of at least 4 members (excludes halogenated alkanes) is 3. The van der Waals surface area contributed by atoms with Crippen molar-refractivity contribution in [2.24, 2.45) is 0 Å². The average Bonchev–Trinajstić information content (AvgIpc) is 2.68. The van der Waals surface area contributed by atoms with Gasteiger partial charge in [0.15, 0.2) is 5.78 Å². The molecule has 0 spiro atoms. The first-order valence-electron chi connectivity index (χ1n) is 10.1. The zero-order chi connectivity index (χ0) is 19.5. The van der Waals surface area contributed by atoms with Gasteiger partial charge in [0.25, 0.3) is 0 Å². The summed E-state index contributed by atoms with van der Waals surface area (Å²) < 4.78 is 5.74. The minimum atomic E-state index is -0.0661. The van der Waals surface area contributed by atoms with Crippen LogP contribution < -0.4 is 4.74 Å². The molecule has 0 heterocycles. The molecule has 3 nitrogen and oxygen atoms in total. The van der Waals surface area contributed by atoms with Gasteiger partial charge in [0.1, 0.15) is 12.4 Å². The van der Waals surface area contributed by atoms with Gasteiger partial charge in [-0.15, -0.1) is 0 Å². The quantitative estimate of drug-likeness (QED) is 0.363. The molecule has 0 aromatic heterocycles. The topological polar surface area (TPSA) is 29.5 Å². The van der Waals surface area contributed by atoms with E-state index in [9.17, 15) is 4.79 Å². The van der Waals surface area contributed by atoms with E-state index in [1.165, 1.54) is 19.3 Å². The van der Waals surface area contributed by atoms with Crippen molar-refractivity contribution < 1.29 is 9.53 Å². The van der Waals surface area contributed by atoms with Gasteiger partial charge < -0.3 is 9.64 Å². The molecule has 3 heteroatoms. The summed E-state index contributed by atoms with van der Waals surface area (Å²) in [6.07, 6.45) is 5.62. The highest BCUT2D eigenvalue weighted by Crippen LogP contribution is 2.27. The molecule has 0 amide bonds. The van der Waals surface area contributed by atoms with Crippen LogP contribution in [-0.2, 0) is 0 Å². The summed E-state index contributed by atoms with van der Waals surface area (Å²) in [5, 5.41) is 0. The minimum absolute atomic E-state index is 0.0661. The maximum atomic E-state index is 13.2. The third-order valence-electron chi connectivity index (χ3n) is 4.81.